The van der Waals surface area contributed by atoms with Crippen molar-refractivity contribution in [2.24, 2.45) is 0 Å². The number of para-hydroxylation sites is 1. The molecule has 0 spiro atoms. The van der Waals surface area contributed by atoms with Crippen molar-refractivity contribution in [1.82, 2.24) is 25.4 Å². The molecule has 2 aromatic heterocycles. The first-order valence-corrected chi connectivity index (χ1v) is 12.2. The minimum absolute atomic E-state index is 0.0400. The molecule has 32 heavy (non-hydrogen) atoms. The van der Waals surface area contributed by atoms with E-state index in [0.717, 1.165) is 62.5 Å². The zero-order chi connectivity index (χ0) is 22.3. The molecule has 7 nitrogen and oxygen atoms in total. The first-order valence-electron chi connectivity index (χ1n) is 11.4. The quantitative estimate of drug-likeness (QED) is 0.485. The molecule has 1 aliphatic rings. The summed E-state index contributed by atoms with van der Waals surface area (Å²) in [5, 5.41) is 14.0. The molecule has 1 unspecified atom stereocenters. The van der Waals surface area contributed by atoms with Crippen LogP contribution in [0.25, 0.3) is 10.9 Å². The SMILES string of the molecule is CCCCC(Cc1c[nH]c2ccccc12)NC(=O)c1nnc(N2CCN(CCF)CC2)s1. The highest BCUT2D eigenvalue weighted by Crippen LogP contribution is 2.23. The van der Waals surface area contributed by atoms with Crippen LogP contribution in [0.4, 0.5) is 9.52 Å². The zero-order valence-electron chi connectivity index (χ0n) is 18.5. The van der Waals surface area contributed by atoms with E-state index in [4.69, 9.17) is 0 Å². The third-order valence-corrected chi connectivity index (χ3v) is 7.02. The number of hydrogen-bond donors (Lipinski definition) is 2. The monoisotopic (exact) mass is 458 g/mol. The first-order chi connectivity index (χ1) is 15.7. The second-order valence-electron chi connectivity index (χ2n) is 8.28. The number of hydrogen-bond acceptors (Lipinski definition) is 6. The maximum atomic E-state index is 13.0. The van der Waals surface area contributed by atoms with Crippen LogP contribution < -0.4 is 10.2 Å². The summed E-state index contributed by atoms with van der Waals surface area (Å²) in [5.41, 5.74) is 2.33. The number of nitrogens with one attached hydrogen (secondary N) is 2. The van der Waals surface area contributed by atoms with Crippen LogP contribution in [0.1, 0.15) is 41.6 Å². The summed E-state index contributed by atoms with van der Waals surface area (Å²) in [5.74, 6) is -0.161. The van der Waals surface area contributed by atoms with Crippen LogP contribution in [0.3, 0.4) is 0 Å². The Hall–Kier alpha value is -2.52. The molecule has 0 saturated carbocycles. The molecule has 0 bridgehead atoms. The lowest BCUT2D eigenvalue weighted by Gasteiger charge is -2.33. The highest BCUT2D eigenvalue weighted by atomic mass is 32.1. The van der Waals surface area contributed by atoms with Crippen molar-refractivity contribution in [3.8, 4) is 0 Å². The molecule has 0 aliphatic carbocycles. The third kappa shape index (κ3) is 5.45. The Bertz CT molecular complexity index is 1010. The van der Waals surface area contributed by atoms with E-state index < -0.39 is 0 Å². The lowest BCUT2D eigenvalue weighted by Crippen LogP contribution is -2.47. The molecule has 9 heteroatoms. The number of anilines is 1. The van der Waals surface area contributed by atoms with Crippen LogP contribution in [0.2, 0.25) is 0 Å². The molecule has 2 N–H and O–H groups in total. The van der Waals surface area contributed by atoms with Crippen molar-refractivity contribution in [2.45, 2.75) is 38.6 Å². The number of fused-ring (bicyclic) bond motifs is 1. The van der Waals surface area contributed by atoms with E-state index in [-0.39, 0.29) is 18.6 Å². The number of carbonyl (C=O) groups is 1. The summed E-state index contributed by atoms with van der Waals surface area (Å²) < 4.78 is 12.5. The van der Waals surface area contributed by atoms with Crippen LogP contribution in [-0.2, 0) is 6.42 Å². The minimum Gasteiger partial charge on any atom is -0.361 e. The van der Waals surface area contributed by atoms with Gasteiger partial charge in [-0.2, -0.15) is 0 Å². The smallest absolute Gasteiger partial charge is 0.282 e. The highest BCUT2D eigenvalue weighted by Gasteiger charge is 2.23. The van der Waals surface area contributed by atoms with Gasteiger partial charge in [0.15, 0.2) is 0 Å². The number of unbranched alkanes of at least 4 members (excludes halogenated alkanes) is 1. The van der Waals surface area contributed by atoms with E-state index in [1.54, 1.807) is 0 Å². The number of benzene rings is 1. The molecule has 3 aromatic rings. The van der Waals surface area contributed by atoms with Crippen LogP contribution in [0.5, 0.6) is 0 Å². The lowest BCUT2D eigenvalue weighted by molar-refractivity contribution is 0.0933. The summed E-state index contributed by atoms with van der Waals surface area (Å²) in [4.78, 5) is 20.5. The van der Waals surface area contributed by atoms with Gasteiger partial charge in [0.05, 0.1) is 0 Å². The molecule has 172 valence electrons. The van der Waals surface area contributed by atoms with Gasteiger partial charge in [0, 0.05) is 55.9 Å². The van der Waals surface area contributed by atoms with Crippen LogP contribution in [0.15, 0.2) is 30.5 Å². The molecule has 0 radical (unpaired) electrons. The Labute approximate surface area is 192 Å². The molecule has 4 rings (SSSR count). The summed E-state index contributed by atoms with van der Waals surface area (Å²) in [6.45, 7) is 5.47. The fourth-order valence-corrected chi connectivity index (χ4v) is 5.01. The summed E-state index contributed by atoms with van der Waals surface area (Å²) in [6, 6.07) is 8.29. The predicted octanol–water partition coefficient (Wildman–Crippen LogP) is 3.64. The summed E-state index contributed by atoms with van der Waals surface area (Å²) >= 11 is 1.33. The molecule has 1 amide bonds. The van der Waals surface area contributed by atoms with Crippen LogP contribution >= 0.6 is 11.3 Å². The second kappa shape index (κ2) is 10.9. The number of aromatic nitrogens is 3. The fraction of sp³-hybridized carbons (Fsp3) is 0.522. The maximum Gasteiger partial charge on any atom is 0.282 e. The van der Waals surface area contributed by atoms with Crippen molar-refractivity contribution >= 4 is 33.3 Å². The molecule has 1 atom stereocenters. The molecular weight excluding hydrogens is 427 g/mol. The third-order valence-electron chi connectivity index (χ3n) is 6.03. The van der Waals surface area contributed by atoms with Crippen molar-refractivity contribution in [2.75, 3.05) is 44.3 Å². The van der Waals surface area contributed by atoms with Gasteiger partial charge in [-0.3, -0.25) is 9.69 Å². The number of amides is 1. The average molecular weight is 459 g/mol. The van der Waals surface area contributed by atoms with Gasteiger partial charge < -0.3 is 15.2 Å². The highest BCUT2D eigenvalue weighted by molar-refractivity contribution is 7.17. The van der Waals surface area contributed by atoms with E-state index in [1.165, 1.54) is 22.3 Å². The van der Waals surface area contributed by atoms with Crippen molar-refractivity contribution in [1.29, 1.82) is 0 Å². The van der Waals surface area contributed by atoms with E-state index in [1.807, 2.05) is 18.3 Å². The zero-order valence-corrected chi connectivity index (χ0v) is 19.3. The van der Waals surface area contributed by atoms with Gasteiger partial charge in [0.25, 0.3) is 5.91 Å². The normalized spacial score (nSPS) is 15.9. The van der Waals surface area contributed by atoms with E-state index in [2.05, 4.69) is 49.4 Å². The molecule has 1 aliphatic heterocycles. The van der Waals surface area contributed by atoms with Gasteiger partial charge in [0.1, 0.15) is 6.67 Å². The lowest BCUT2D eigenvalue weighted by atomic mass is 10.0. The Balaban J connectivity index is 1.39. The standard InChI is InChI=1S/C23H31FN6OS/c1-2-3-6-18(15-17-16-25-20-8-5-4-7-19(17)20)26-21(31)22-27-28-23(32-22)30-13-11-29(10-9-24)12-14-30/h4-5,7-8,16,18,25H,2-3,6,9-15H2,1H3,(H,26,31). The second-order valence-corrected chi connectivity index (χ2v) is 9.24. The Morgan fingerprint density at radius 1 is 1.25 bits per heavy atom. The van der Waals surface area contributed by atoms with Gasteiger partial charge in [-0.1, -0.05) is 49.3 Å². The Kier molecular flexibility index (Phi) is 7.70. The number of piperazine rings is 1. The summed E-state index contributed by atoms with van der Waals surface area (Å²) in [7, 11) is 0. The largest absolute Gasteiger partial charge is 0.361 e. The van der Waals surface area contributed by atoms with Gasteiger partial charge in [-0.25, -0.2) is 4.39 Å². The van der Waals surface area contributed by atoms with Gasteiger partial charge in [-0.05, 0) is 24.5 Å². The molecular formula is C23H31FN6OS. The number of rotatable bonds is 10. The number of H-pyrrole nitrogens is 1. The molecule has 1 aromatic carbocycles. The minimum atomic E-state index is -0.319. The number of aromatic amines is 1. The Morgan fingerprint density at radius 2 is 2.06 bits per heavy atom. The van der Waals surface area contributed by atoms with Crippen LogP contribution in [0, 0.1) is 0 Å². The Morgan fingerprint density at radius 3 is 2.84 bits per heavy atom. The van der Waals surface area contributed by atoms with E-state index in [9.17, 15) is 9.18 Å². The van der Waals surface area contributed by atoms with Crippen molar-refractivity contribution in [3.05, 3.63) is 41.0 Å². The topological polar surface area (TPSA) is 77.1 Å². The number of nitrogens with zero attached hydrogens (tertiary/aromatic N) is 4. The van der Waals surface area contributed by atoms with Crippen molar-refractivity contribution < 1.29 is 9.18 Å². The van der Waals surface area contributed by atoms with Crippen LogP contribution in [-0.4, -0.2) is 71.4 Å². The maximum absolute atomic E-state index is 13.0. The van der Waals surface area contributed by atoms with Gasteiger partial charge in [-0.15, -0.1) is 10.2 Å². The fourth-order valence-electron chi connectivity index (χ4n) is 4.21. The predicted molar refractivity (Wildman–Crippen MR) is 127 cm³/mol. The van der Waals surface area contributed by atoms with Gasteiger partial charge in [0.2, 0.25) is 10.1 Å². The van der Waals surface area contributed by atoms with E-state index >= 15 is 0 Å². The first kappa shape index (κ1) is 22.7. The molecule has 3 heterocycles. The average Bonchev–Trinajstić information content (AvgIpc) is 3.46. The van der Waals surface area contributed by atoms with Crippen molar-refractivity contribution in [3.63, 3.8) is 0 Å². The number of carbonyl (C=O) groups excluding carboxylic acids is 1. The number of halogens is 1. The van der Waals surface area contributed by atoms with Gasteiger partial charge >= 0.3 is 0 Å². The van der Waals surface area contributed by atoms with E-state index in [0.29, 0.717) is 11.6 Å². The summed E-state index contributed by atoms with van der Waals surface area (Å²) in [6.07, 6.45) is 5.87. The molecule has 1 fully saturated rings. The molecule has 1 saturated heterocycles. The number of alkyl halides is 1.